The molecule has 4 heteroatoms. The molecule has 2 heterocycles. The lowest BCUT2D eigenvalue weighted by molar-refractivity contribution is -0.163. The monoisotopic (exact) mass is 278 g/mol. The average molecular weight is 278 g/mol. The number of ether oxygens (including phenoxy) is 1. The largest absolute Gasteiger partial charge is 0.458 e. The van der Waals surface area contributed by atoms with E-state index in [-0.39, 0.29) is 11.4 Å². The van der Waals surface area contributed by atoms with E-state index >= 15 is 0 Å². The highest BCUT2D eigenvalue weighted by Gasteiger charge is 2.44. The summed E-state index contributed by atoms with van der Waals surface area (Å²) >= 11 is 0. The number of benzene rings is 1. The fourth-order valence-corrected chi connectivity index (χ4v) is 2.91. The molecule has 1 aliphatic heterocycles. The summed E-state index contributed by atoms with van der Waals surface area (Å²) < 4.78 is 24.7. The summed E-state index contributed by atoms with van der Waals surface area (Å²) in [7, 11) is 0. The molecule has 0 saturated carbocycles. The van der Waals surface area contributed by atoms with Crippen molar-refractivity contribution >= 4 is 11.0 Å². The van der Waals surface area contributed by atoms with Gasteiger partial charge in [0.2, 0.25) is 0 Å². The lowest BCUT2D eigenvalue weighted by atomic mass is 9.80. The van der Waals surface area contributed by atoms with Gasteiger partial charge in [-0.15, -0.1) is 0 Å². The van der Waals surface area contributed by atoms with Crippen LogP contribution in [0.2, 0.25) is 0 Å². The fraction of sp³-hybridized carbons (Fsp3) is 0.500. The van der Waals surface area contributed by atoms with Crippen molar-refractivity contribution < 1.29 is 18.7 Å². The standard InChI is InChI=1S/C16H19FO3/c1-3-15(2)10-16(18,6-7-19-15)14-9-11-8-12(17)4-5-13(11)20-14/h4-5,8-9,18H,3,6-7,10H2,1-2H3. The van der Waals surface area contributed by atoms with Gasteiger partial charge in [0.05, 0.1) is 12.2 Å². The molecule has 0 spiro atoms. The maximum atomic E-state index is 13.2. The van der Waals surface area contributed by atoms with Crippen LogP contribution in [0.5, 0.6) is 0 Å². The van der Waals surface area contributed by atoms with Crippen LogP contribution >= 0.6 is 0 Å². The van der Waals surface area contributed by atoms with E-state index in [1.807, 2.05) is 13.8 Å². The van der Waals surface area contributed by atoms with Gasteiger partial charge in [0, 0.05) is 18.2 Å². The molecule has 0 radical (unpaired) electrons. The van der Waals surface area contributed by atoms with E-state index in [0.717, 1.165) is 6.42 Å². The van der Waals surface area contributed by atoms with Gasteiger partial charge in [-0.1, -0.05) is 6.92 Å². The van der Waals surface area contributed by atoms with Crippen molar-refractivity contribution in [3.8, 4) is 0 Å². The predicted molar refractivity (Wildman–Crippen MR) is 74.0 cm³/mol. The minimum atomic E-state index is -1.04. The van der Waals surface area contributed by atoms with Crippen molar-refractivity contribution in [2.45, 2.75) is 44.3 Å². The molecule has 2 unspecified atom stereocenters. The Kier molecular flexibility index (Phi) is 3.10. The second-order valence-corrected chi connectivity index (χ2v) is 5.90. The highest BCUT2D eigenvalue weighted by Crippen LogP contribution is 2.42. The fourth-order valence-electron chi connectivity index (χ4n) is 2.91. The first kappa shape index (κ1) is 13.6. The lowest BCUT2D eigenvalue weighted by Gasteiger charge is -2.42. The van der Waals surface area contributed by atoms with E-state index in [9.17, 15) is 9.50 Å². The van der Waals surface area contributed by atoms with Gasteiger partial charge in [0.15, 0.2) is 0 Å². The molecule has 3 rings (SSSR count). The van der Waals surface area contributed by atoms with Gasteiger partial charge in [0.1, 0.15) is 22.8 Å². The molecule has 1 fully saturated rings. The van der Waals surface area contributed by atoms with Crippen LogP contribution in [0.1, 0.15) is 38.9 Å². The van der Waals surface area contributed by atoms with Crippen LogP contribution in [0.4, 0.5) is 4.39 Å². The predicted octanol–water partition coefficient (Wildman–Crippen LogP) is 3.74. The van der Waals surface area contributed by atoms with Crippen LogP contribution in [0, 0.1) is 5.82 Å². The lowest BCUT2D eigenvalue weighted by Crippen LogP contribution is -2.45. The smallest absolute Gasteiger partial charge is 0.137 e. The summed E-state index contributed by atoms with van der Waals surface area (Å²) in [6.45, 7) is 4.53. The van der Waals surface area contributed by atoms with Gasteiger partial charge < -0.3 is 14.3 Å². The van der Waals surface area contributed by atoms with Crippen molar-refractivity contribution in [3.63, 3.8) is 0 Å². The third kappa shape index (κ3) is 2.23. The van der Waals surface area contributed by atoms with E-state index in [1.54, 1.807) is 12.1 Å². The van der Waals surface area contributed by atoms with Gasteiger partial charge in [-0.2, -0.15) is 0 Å². The van der Waals surface area contributed by atoms with Gasteiger partial charge in [-0.25, -0.2) is 4.39 Å². The van der Waals surface area contributed by atoms with Gasteiger partial charge >= 0.3 is 0 Å². The molecule has 108 valence electrons. The van der Waals surface area contributed by atoms with Gasteiger partial charge in [-0.3, -0.25) is 0 Å². The minimum Gasteiger partial charge on any atom is -0.458 e. The Labute approximate surface area is 117 Å². The Hall–Kier alpha value is -1.39. The maximum Gasteiger partial charge on any atom is 0.137 e. The van der Waals surface area contributed by atoms with Crippen molar-refractivity contribution in [1.29, 1.82) is 0 Å². The van der Waals surface area contributed by atoms with Crippen molar-refractivity contribution in [2.24, 2.45) is 0 Å². The van der Waals surface area contributed by atoms with Crippen LogP contribution in [-0.2, 0) is 10.3 Å². The number of furan rings is 1. The summed E-state index contributed by atoms with van der Waals surface area (Å²) in [4.78, 5) is 0. The quantitative estimate of drug-likeness (QED) is 0.910. The van der Waals surface area contributed by atoms with E-state index in [0.29, 0.717) is 36.2 Å². The first-order valence-electron chi connectivity index (χ1n) is 7.00. The molecule has 2 atom stereocenters. The highest BCUT2D eigenvalue weighted by atomic mass is 19.1. The first-order valence-corrected chi connectivity index (χ1v) is 7.00. The molecule has 20 heavy (non-hydrogen) atoms. The Balaban J connectivity index is 2.00. The molecular formula is C16H19FO3. The summed E-state index contributed by atoms with van der Waals surface area (Å²) in [5.41, 5.74) is -0.796. The first-order chi connectivity index (χ1) is 9.44. The second-order valence-electron chi connectivity index (χ2n) is 5.90. The Morgan fingerprint density at radius 2 is 2.15 bits per heavy atom. The van der Waals surface area contributed by atoms with Crippen LogP contribution in [0.3, 0.4) is 0 Å². The van der Waals surface area contributed by atoms with Crippen LogP contribution in [-0.4, -0.2) is 17.3 Å². The zero-order valence-electron chi connectivity index (χ0n) is 11.8. The van der Waals surface area contributed by atoms with E-state index in [4.69, 9.17) is 9.15 Å². The summed E-state index contributed by atoms with van der Waals surface area (Å²) in [5.74, 6) is 0.197. The molecule has 2 aromatic rings. The average Bonchev–Trinajstić information content (AvgIpc) is 2.82. The molecule has 1 aromatic carbocycles. The SMILES string of the molecule is CCC1(C)CC(O)(c2cc3cc(F)ccc3o2)CCO1. The normalized spacial score (nSPS) is 30.8. The van der Waals surface area contributed by atoms with E-state index in [2.05, 4.69) is 0 Å². The van der Waals surface area contributed by atoms with Crippen LogP contribution in [0.25, 0.3) is 11.0 Å². The number of fused-ring (bicyclic) bond motifs is 1. The number of aliphatic hydroxyl groups is 1. The molecule has 3 nitrogen and oxygen atoms in total. The molecule has 1 saturated heterocycles. The molecular weight excluding hydrogens is 259 g/mol. The van der Waals surface area contributed by atoms with Gasteiger partial charge in [0.25, 0.3) is 0 Å². The third-order valence-electron chi connectivity index (χ3n) is 4.32. The molecule has 0 bridgehead atoms. The summed E-state index contributed by atoms with van der Waals surface area (Å²) in [6.07, 6.45) is 1.80. The Morgan fingerprint density at radius 1 is 1.35 bits per heavy atom. The van der Waals surface area contributed by atoms with Crippen molar-refractivity contribution in [3.05, 3.63) is 35.8 Å². The number of rotatable bonds is 2. The molecule has 0 aliphatic carbocycles. The maximum absolute atomic E-state index is 13.2. The summed E-state index contributed by atoms with van der Waals surface area (Å²) in [5, 5.41) is 11.6. The third-order valence-corrected chi connectivity index (χ3v) is 4.32. The highest BCUT2D eigenvalue weighted by molar-refractivity contribution is 5.78. The minimum absolute atomic E-state index is 0.304. The molecule has 1 aliphatic rings. The van der Waals surface area contributed by atoms with Gasteiger partial charge in [-0.05, 0) is 37.6 Å². The molecule has 0 amide bonds. The summed E-state index contributed by atoms with van der Waals surface area (Å²) in [6, 6.07) is 6.11. The topological polar surface area (TPSA) is 42.6 Å². The van der Waals surface area contributed by atoms with Crippen LogP contribution < -0.4 is 0 Å². The van der Waals surface area contributed by atoms with Crippen LogP contribution in [0.15, 0.2) is 28.7 Å². The van der Waals surface area contributed by atoms with E-state index < -0.39 is 5.60 Å². The zero-order chi connectivity index (χ0) is 14.4. The van der Waals surface area contributed by atoms with E-state index in [1.165, 1.54) is 12.1 Å². The molecule has 1 aromatic heterocycles. The Morgan fingerprint density at radius 3 is 2.90 bits per heavy atom. The second kappa shape index (κ2) is 4.57. The van der Waals surface area contributed by atoms with Crippen molar-refractivity contribution in [2.75, 3.05) is 6.61 Å². The zero-order valence-corrected chi connectivity index (χ0v) is 11.8. The number of hydrogen-bond donors (Lipinski definition) is 1. The number of halogens is 1. The number of hydrogen-bond acceptors (Lipinski definition) is 3. The molecule has 1 N–H and O–H groups in total. The van der Waals surface area contributed by atoms with Crippen molar-refractivity contribution in [1.82, 2.24) is 0 Å². The Bertz CT molecular complexity index is 636.